The van der Waals surface area contributed by atoms with E-state index < -0.39 is 0 Å². The van der Waals surface area contributed by atoms with Crippen molar-refractivity contribution >= 4 is 43.1 Å². The molecule has 0 radical (unpaired) electrons. The molecule has 0 heterocycles. The molecule has 7 rings (SSSR count). The van der Waals surface area contributed by atoms with E-state index in [1.165, 1.54) is 91.0 Å². The van der Waals surface area contributed by atoms with E-state index in [-0.39, 0.29) is 0 Å². The Hall–Kier alpha value is -3.64. The van der Waals surface area contributed by atoms with Gasteiger partial charge in [-0.25, -0.2) is 0 Å². The van der Waals surface area contributed by atoms with Crippen molar-refractivity contribution in [3.05, 3.63) is 119 Å². The van der Waals surface area contributed by atoms with Gasteiger partial charge in [0.1, 0.15) is 0 Å². The van der Waals surface area contributed by atoms with E-state index in [9.17, 15) is 0 Å². The SMILES string of the molecule is c1cc2ccc3ccc4cc3c2cc1CCCCc1ccc2ccc3ccc(cc3c2c1)CCCC4. The van der Waals surface area contributed by atoms with E-state index in [4.69, 9.17) is 0 Å². The third kappa shape index (κ3) is 4.05. The monoisotopic (exact) mass is 464 g/mol. The zero-order chi connectivity index (χ0) is 23.9. The lowest BCUT2D eigenvalue weighted by molar-refractivity contribution is 0.735. The molecule has 0 saturated carbocycles. The van der Waals surface area contributed by atoms with Gasteiger partial charge in [0.2, 0.25) is 0 Å². The van der Waals surface area contributed by atoms with Gasteiger partial charge in [0.15, 0.2) is 0 Å². The molecular formula is C36H32. The number of rotatable bonds is 0. The zero-order valence-corrected chi connectivity index (χ0v) is 20.9. The Balaban J connectivity index is 1.28. The number of aryl methyl sites for hydroxylation is 4. The van der Waals surface area contributed by atoms with Gasteiger partial charge in [-0.15, -0.1) is 0 Å². The normalized spacial score (nSPS) is 14.9. The van der Waals surface area contributed by atoms with Gasteiger partial charge < -0.3 is 0 Å². The molecule has 176 valence electrons. The molecule has 8 bridgehead atoms. The van der Waals surface area contributed by atoms with Crippen LogP contribution in [0.5, 0.6) is 0 Å². The van der Waals surface area contributed by atoms with Crippen molar-refractivity contribution in [1.29, 1.82) is 0 Å². The summed E-state index contributed by atoms with van der Waals surface area (Å²) in [6.07, 6.45) is 9.46. The van der Waals surface area contributed by atoms with Crippen LogP contribution in [0, 0.1) is 0 Å². The number of benzene rings is 6. The van der Waals surface area contributed by atoms with Crippen LogP contribution in [0.4, 0.5) is 0 Å². The first-order valence-corrected chi connectivity index (χ1v) is 13.7. The molecule has 0 unspecified atom stereocenters. The molecule has 0 heteroatoms. The van der Waals surface area contributed by atoms with Crippen LogP contribution in [-0.2, 0) is 25.7 Å². The van der Waals surface area contributed by atoms with E-state index in [2.05, 4.69) is 97.1 Å². The third-order valence-electron chi connectivity index (χ3n) is 8.30. The summed E-state index contributed by atoms with van der Waals surface area (Å²) in [4.78, 5) is 0. The van der Waals surface area contributed by atoms with Gasteiger partial charge in [-0.3, -0.25) is 0 Å². The van der Waals surface area contributed by atoms with Crippen molar-refractivity contribution in [2.45, 2.75) is 51.4 Å². The van der Waals surface area contributed by atoms with Gasteiger partial charge in [0.05, 0.1) is 0 Å². The molecule has 1 aliphatic carbocycles. The zero-order valence-electron chi connectivity index (χ0n) is 20.9. The molecule has 0 atom stereocenters. The van der Waals surface area contributed by atoms with Crippen molar-refractivity contribution in [3.63, 3.8) is 0 Å². The van der Waals surface area contributed by atoms with Crippen molar-refractivity contribution in [2.24, 2.45) is 0 Å². The van der Waals surface area contributed by atoms with Crippen LogP contribution in [0.3, 0.4) is 0 Å². The minimum Gasteiger partial charge on any atom is -0.0584 e. The first-order chi connectivity index (χ1) is 17.8. The van der Waals surface area contributed by atoms with Gasteiger partial charge in [0, 0.05) is 0 Å². The number of hydrogen-bond donors (Lipinski definition) is 0. The van der Waals surface area contributed by atoms with Crippen molar-refractivity contribution < 1.29 is 0 Å². The van der Waals surface area contributed by atoms with Gasteiger partial charge in [-0.2, -0.15) is 0 Å². The fourth-order valence-electron chi connectivity index (χ4n) is 6.23. The quantitative estimate of drug-likeness (QED) is 0.196. The molecule has 6 aromatic rings. The van der Waals surface area contributed by atoms with Crippen molar-refractivity contribution in [3.8, 4) is 0 Å². The average molecular weight is 465 g/mol. The fourth-order valence-corrected chi connectivity index (χ4v) is 6.23. The second kappa shape index (κ2) is 9.10. The Bertz CT molecular complexity index is 1480. The summed E-state index contributed by atoms with van der Waals surface area (Å²) in [5.41, 5.74) is 5.86. The largest absolute Gasteiger partial charge is 0.0584 e. The van der Waals surface area contributed by atoms with Crippen LogP contribution in [-0.4, -0.2) is 0 Å². The number of fused-ring (bicyclic) bond motifs is 4. The first-order valence-electron chi connectivity index (χ1n) is 13.7. The van der Waals surface area contributed by atoms with Crippen LogP contribution >= 0.6 is 0 Å². The molecule has 0 saturated heterocycles. The van der Waals surface area contributed by atoms with Crippen LogP contribution in [0.1, 0.15) is 47.9 Å². The third-order valence-corrected chi connectivity index (χ3v) is 8.30. The van der Waals surface area contributed by atoms with Crippen LogP contribution in [0.15, 0.2) is 97.1 Å². The molecule has 0 aromatic heterocycles. The maximum atomic E-state index is 2.46. The molecule has 0 fully saturated rings. The Labute approximate surface area is 213 Å². The average Bonchev–Trinajstić information content (AvgIpc) is 2.92. The molecule has 0 aliphatic heterocycles. The predicted octanol–water partition coefficient (Wildman–Crippen LogP) is 9.74. The Kier molecular flexibility index (Phi) is 5.47. The van der Waals surface area contributed by atoms with Gasteiger partial charge >= 0.3 is 0 Å². The van der Waals surface area contributed by atoms with E-state index in [0.717, 1.165) is 25.7 Å². The van der Waals surface area contributed by atoms with Gasteiger partial charge in [0.25, 0.3) is 0 Å². The Morgan fingerprint density at radius 3 is 0.750 bits per heavy atom. The minimum atomic E-state index is 1.14. The van der Waals surface area contributed by atoms with Crippen LogP contribution in [0.2, 0.25) is 0 Å². The second-order valence-electron chi connectivity index (χ2n) is 10.8. The minimum absolute atomic E-state index is 1.14. The van der Waals surface area contributed by atoms with Gasteiger partial charge in [-0.1, -0.05) is 97.1 Å². The highest BCUT2D eigenvalue weighted by atomic mass is 14.1. The maximum absolute atomic E-state index is 2.46. The molecule has 0 amide bonds. The predicted molar refractivity (Wildman–Crippen MR) is 156 cm³/mol. The summed E-state index contributed by atoms with van der Waals surface area (Å²) >= 11 is 0. The van der Waals surface area contributed by atoms with E-state index >= 15 is 0 Å². The molecule has 6 aromatic carbocycles. The topological polar surface area (TPSA) is 0 Å². The summed E-state index contributed by atoms with van der Waals surface area (Å²) < 4.78 is 0. The van der Waals surface area contributed by atoms with Gasteiger partial charge in [-0.05, 0) is 117 Å². The highest BCUT2D eigenvalue weighted by molar-refractivity contribution is 6.08. The summed E-state index contributed by atoms with van der Waals surface area (Å²) in [5, 5.41) is 11.1. The summed E-state index contributed by atoms with van der Waals surface area (Å²) in [5.74, 6) is 0. The molecule has 0 nitrogen and oxygen atoms in total. The fraction of sp³-hybridized carbons (Fsp3) is 0.222. The maximum Gasteiger partial charge on any atom is -0.0103 e. The lowest BCUT2D eigenvalue weighted by Gasteiger charge is -2.11. The van der Waals surface area contributed by atoms with Crippen molar-refractivity contribution in [2.75, 3.05) is 0 Å². The molecule has 0 N–H and O–H groups in total. The van der Waals surface area contributed by atoms with E-state index in [0.29, 0.717) is 0 Å². The summed E-state index contributed by atoms with van der Waals surface area (Å²) in [7, 11) is 0. The highest BCUT2D eigenvalue weighted by Gasteiger charge is 2.07. The molecule has 0 spiro atoms. The van der Waals surface area contributed by atoms with Crippen LogP contribution in [0.25, 0.3) is 43.1 Å². The Morgan fingerprint density at radius 1 is 0.278 bits per heavy atom. The lowest BCUT2D eigenvalue weighted by Crippen LogP contribution is -1.93. The summed E-state index contributed by atoms with van der Waals surface area (Å²) in [6, 6.07) is 37.6. The highest BCUT2D eigenvalue weighted by Crippen LogP contribution is 2.30. The summed E-state index contributed by atoms with van der Waals surface area (Å²) in [6.45, 7) is 0. The lowest BCUT2D eigenvalue weighted by atomic mass is 9.93. The number of hydrogen-bond acceptors (Lipinski definition) is 0. The molecule has 1 aliphatic rings. The van der Waals surface area contributed by atoms with Crippen molar-refractivity contribution in [1.82, 2.24) is 0 Å². The van der Waals surface area contributed by atoms with Crippen LogP contribution < -0.4 is 0 Å². The molecule has 36 heavy (non-hydrogen) atoms. The van der Waals surface area contributed by atoms with E-state index in [1.54, 1.807) is 0 Å². The Morgan fingerprint density at radius 2 is 0.500 bits per heavy atom. The standard InChI is InChI=1S/C36H32/c1-2-6-26-10-14-30-19-20-32-16-12-28(24-36(32)34(30)22-26)8-4-3-7-27-11-15-31-18-17-29-13-9-25(5-1)21-33(29)35(31)23-27/h9-24H,1-8H2. The first kappa shape index (κ1) is 21.6. The van der Waals surface area contributed by atoms with E-state index in [1.807, 2.05) is 0 Å². The smallest absolute Gasteiger partial charge is 0.0103 e. The molecular weight excluding hydrogens is 432 g/mol. The second-order valence-corrected chi connectivity index (χ2v) is 10.8.